The predicted octanol–water partition coefficient (Wildman–Crippen LogP) is 12.3. The molecule has 70 heavy (non-hydrogen) atoms. The van der Waals surface area contributed by atoms with Gasteiger partial charge in [0.25, 0.3) is 0 Å². The number of carbonyl (C=O) groups is 4. The van der Waals surface area contributed by atoms with Gasteiger partial charge >= 0.3 is 39.5 Å². The molecule has 0 amide bonds. The lowest BCUT2D eigenvalue weighted by Crippen LogP contribution is -2.30. The molecule has 0 fully saturated rings. The molecule has 0 bridgehead atoms. The first-order chi connectivity index (χ1) is 33.7. The maximum atomic E-state index is 12.8. The minimum atomic E-state index is -4.93. The number of aliphatic hydroxyl groups is 1. The van der Waals surface area contributed by atoms with Crippen LogP contribution in [0.4, 0.5) is 0 Å². The fraction of sp³-hybridized carbons (Fsp3) is 0.863. The van der Waals surface area contributed by atoms with E-state index in [4.69, 9.17) is 37.0 Å². The van der Waals surface area contributed by atoms with E-state index in [9.17, 15) is 43.2 Å². The number of phosphoric acid groups is 2. The Morgan fingerprint density at radius 3 is 0.957 bits per heavy atom. The standard InChI is InChI=1S/C51H95O17P2/c1-5-9-13-17-19-20-21-22-23-24-25-26-27-30-34-38-51(56)68-46(41-61-48(53)35-31-16-12-8-4)43-65-69(57,58)63-39-45(52)40-64-70(59,60)66-44-47(42-62-49(54)36-32-28-15-11-7-3)67-50(55)37-33-29-18-14-10-6-2/h45-47,52H,2-44H2,1H3,(H,57,58)(H,59,60)/q-3/t45-,46-,47-/m1/s1. The van der Waals surface area contributed by atoms with Crippen LogP contribution >= 0.6 is 15.6 Å². The minimum absolute atomic E-state index is 0.0788. The van der Waals surface area contributed by atoms with Crippen LogP contribution in [0.3, 0.4) is 0 Å². The fourth-order valence-corrected chi connectivity index (χ4v) is 8.69. The lowest BCUT2D eigenvalue weighted by atomic mass is 10.0. The van der Waals surface area contributed by atoms with E-state index in [1.54, 1.807) is 0 Å². The van der Waals surface area contributed by atoms with E-state index >= 15 is 0 Å². The zero-order chi connectivity index (χ0) is 52.0. The molecule has 3 N–H and O–H groups in total. The quantitative estimate of drug-likeness (QED) is 0.0169. The molecule has 0 aromatic rings. The Kier molecular flexibility index (Phi) is 45.5. The van der Waals surface area contributed by atoms with E-state index in [-0.39, 0.29) is 25.7 Å². The number of aliphatic hydroxyl groups excluding tert-OH is 1. The van der Waals surface area contributed by atoms with Gasteiger partial charge in [-0.15, -0.1) is 0 Å². The highest BCUT2D eigenvalue weighted by Gasteiger charge is 2.30. The van der Waals surface area contributed by atoms with Crippen molar-refractivity contribution >= 4 is 39.5 Å². The van der Waals surface area contributed by atoms with Gasteiger partial charge in [-0.25, -0.2) is 9.13 Å². The molecule has 19 heteroatoms. The molecule has 0 saturated carbocycles. The van der Waals surface area contributed by atoms with Crippen LogP contribution in [0, 0.1) is 20.8 Å². The summed E-state index contributed by atoms with van der Waals surface area (Å²) < 4.78 is 66.7. The van der Waals surface area contributed by atoms with Crippen molar-refractivity contribution in [2.45, 2.75) is 244 Å². The third kappa shape index (κ3) is 45.9. The molecular formula is C51H95O17P2-3. The number of unbranched alkanes of at least 4 members (excludes halogenated alkanes) is 26. The number of phosphoric ester groups is 2. The van der Waals surface area contributed by atoms with Gasteiger partial charge in [0.1, 0.15) is 19.3 Å². The second-order valence-corrected chi connectivity index (χ2v) is 21.0. The summed E-state index contributed by atoms with van der Waals surface area (Å²) in [7, 11) is -9.86. The van der Waals surface area contributed by atoms with Gasteiger partial charge in [-0.1, -0.05) is 155 Å². The molecule has 0 spiro atoms. The second kappa shape index (κ2) is 46.8. The van der Waals surface area contributed by atoms with Gasteiger partial charge in [0.05, 0.1) is 26.4 Å². The molecule has 17 nitrogen and oxygen atoms in total. The highest BCUT2D eigenvalue weighted by molar-refractivity contribution is 7.47. The summed E-state index contributed by atoms with van der Waals surface area (Å²) in [5.74, 6) is -2.26. The number of hydrogen-bond acceptors (Lipinski definition) is 15. The Morgan fingerprint density at radius 2 is 0.643 bits per heavy atom. The molecule has 0 saturated heterocycles. The second-order valence-electron chi connectivity index (χ2n) is 18.1. The number of hydrogen-bond donors (Lipinski definition) is 3. The molecule has 5 atom stereocenters. The van der Waals surface area contributed by atoms with Crippen LogP contribution < -0.4 is 0 Å². The molecule has 0 aromatic carbocycles. The molecule has 0 radical (unpaired) electrons. The maximum absolute atomic E-state index is 12.8. The van der Waals surface area contributed by atoms with Crippen molar-refractivity contribution in [3.8, 4) is 0 Å². The lowest BCUT2D eigenvalue weighted by Gasteiger charge is -2.21. The van der Waals surface area contributed by atoms with Crippen molar-refractivity contribution in [2.75, 3.05) is 39.6 Å². The fourth-order valence-electron chi connectivity index (χ4n) is 7.12. The smallest absolute Gasteiger partial charge is 0.462 e. The zero-order valence-electron chi connectivity index (χ0n) is 43.1. The molecule has 0 rings (SSSR count). The van der Waals surface area contributed by atoms with E-state index in [2.05, 4.69) is 27.7 Å². The van der Waals surface area contributed by atoms with Crippen LogP contribution in [0.1, 0.15) is 225 Å². The van der Waals surface area contributed by atoms with Crippen LogP contribution in [0.15, 0.2) is 0 Å². The van der Waals surface area contributed by atoms with Gasteiger partial charge in [0.2, 0.25) is 0 Å². The van der Waals surface area contributed by atoms with Gasteiger partial charge < -0.3 is 54.6 Å². The van der Waals surface area contributed by atoms with Crippen molar-refractivity contribution in [2.24, 2.45) is 0 Å². The number of ether oxygens (including phenoxy) is 4. The van der Waals surface area contributed by atoms with E-state index in [0.717, 1.165) is 103 Å². The first kappa shape index (κ1) is 68.1. The van der Waals surface area contributed by atoms with Crippen LogP contribution in [-0.2, 0) is 65.4 Å². The van der Waals surface area contributed by atoms with Crippen molar-refractivity contribution in [3.63, 3.8) is 0 Å². The highest BCUT2D eigenvalue weighted by Crippen LogP contribution is 2.45. The van der Waals surface area contributed by atoms with E-state index in [1.807, 2.05) is 0 Å². The zero-order valence-corrected chi connectivity index (χ0v) is 44.9. The molecule has 0 aliphatic rings. The van der Waals surface area contributed by atoms with Gasteiger partial charge in [0.15, 0.2) is 12.2 Å². The van der Waals surface area contributed by atoms with Gasteiger partial charge in [-0.3, -0.25) is 37.3 Å². The third-order valence-electron chi connectivity index (χ3n) is 11.3. The molecule has 0 aliphatic carbocycles. The van der Waals surface area contributed by atoms with Crippen LogP contribution in [-0.4, -0.2) is 96.7 Å². The van der Waals surface area contributed by atoms with E-state index in [0.29, 0.717) is 25.7 Å². The third-order valence-corrected chi connectivity index (χ3v) is 13.2. The van der Waals surface area contributed by atoms with Crippen molar-refractivity contribution in [1.29, 1.82) is 0 Å². The Morgan fingerprint density at radius 1 is 0.386 bits per heavy atom. The SMILES string of the molecule is [CH2-]CCCCCCCC(=O)O[C@H](COC(=O)CCCCCC[CH2-])COP(=O)(O)OC[C@H](O)COP(=O)(O)OC[C@@H](COC(=O)CCCCC[CH2-])OC(=O)CCCCCCCCCCCCCCCCC. The largest absolute Gasteiger partial charge is 0.472 e. The maximum Gasteiger partial charge on any atom is 0.472 e. The van der Waals surface area contributed by atoms with Crippen LogP contribution in [0.5, 0.6) is 0 Å². The summed E-state index contributed by atoms with van der Waals surface area (Å²) in [5, 5.41) is 10.4. The summed E-state index contributed by atoms with van der Waals surface area (Å²) >= 11 is 0. The molecule has 0 aromatic heterocycles. The van der Waals surface area contributed by atoms with Gasteiger partial charge in [-0.05, 0) is 25.7 Å². The summed E-state index contributed by atoms with van der Waals surface area (Å²) in [5.41, 5.74) is 0. The normalized spacial score (nSPS) is 14.6. The van der Waals surface area contributed by atoms with Crippen LogP contribution in [0.25, 0.3) is 0 Å². The Bertz CT molecular complexity index is 1390. The first-order valence-electron chi connectivity index (χ1n) is 26.7. The minimum Gasteiger partial charge on any atom is -0.462 e. The van der Waals surface area contributed by atoms with Crippen molar-refractivity contribution in [3.05, 3.63) is 20.8 Å². The Balaban J connectivity index is 5.01. The summed E-state index contributed by atoms with van der Waals surface area (Å²) in [4.78, 5) is 70.7. The predicted molar refractivity (Wildman–Crippen MR) is 270 cm³/mol. The topological polar surface area (TPSA) is 237 Å². The van der Waals surface area contributed by atoms with Crippen molar-refractivity contribution in [1.82, 2.24) is 0 Å². The van der Waals surface area contributed by atoms with Crippen LogP contribution in [0.2, 0.25) is 0 Å². The molecule has 2 unspecified atom stereocenters. The average Bonchev–Trinajstić information content (AvgIpc) is 3.33. The van der Waals surface area contributed by atoms with E-state index < -0.39 is 97.5 Å². The molecule has 0 heterocycles. The molecule has 414 valence electrons. The lowest BCUT2D eigenvalue weighted by molar-refractivity contribution is -0.161. The van der Waals surface area contributed by atoms with Gasteiger partial charge in [0, 0.05) is 25.7 Å². The summed E-state index contributed by atoms with van der Waals surface area (Å²) in [6, 6.07) is 0. The van der Waals surface area contributed by atoms with Gasteiger partial charge in [-0.2, -0.15) is 19.3 Å². The Hall–Kier alpha value is -1.94. The van der Waals surface area contributed by atoms with E-state index in [1.165, 1.54) is 64.2 Å². The summed E-state index contributed by atoms with van der Waals surface area (Å²) in [6.07, 6.45) is 26.0. The summed E-state index contributed by atoms with van der Waals surface area (Å²) in [6.45, 7) is 9.57. The Labute approximate surface area is 422 Å². The average molecular weight is 1040 g/mol. The number of rotatable bonds is 52. The monoisotopic (exact) mass is 1040 g/mol. The van der Waals surface area contributed by atoms with Crippen molar-refractivity contribution < 1.29 is 80.2 Å². The molecular weight excluding hydrogens is 946 g/mol. The number of carbonyl (C=O) groups excluding carboxylic acids is 4. The highest BCUT2D eigenvalue weighted by atomic mass is 31.2. The number of esters is 4. The first-order valence-corrected chi connectivity index (χ1v) is 29.7. The molecule has 0 aliphatic heterocycles.